The van der Waals surface area contributed by atoms with Crippen molar-refractivity contribution in [1.82, 2.24) is 4.98 Å². The number of aryl methyl sites for hydroxylation is 2. The van der Waals surface area contributed by atoms with Crippen molar-refractivity contribution in [3.05, 3.63) is 70.1 Å². The van der Waals surface area contributed by atoms with Crippen molar-refractivity contribution in [3.8, 4) is 23.1 Å². The number of carbonyl (C=O) groups excluding carboxylic acids is 1. The molecule has 1 N–H and O–H groups in total. The first-order chi connectivity index (χ1) is 13.5. The van der Waals surface area contributed by atoms with Crippen LogP contribution in [0.1, 0.15) is 16.0 Å². The number of nitriles is 1. The number of amides is 1. The smallest absolute Gasteiger partial charge is 0.268 e. The van der Waals surface area contributed by atoms with Crippen LogP contribution < -0.4 is 10.1 Å². The highest BCUT2D eigenvalue weighted by molar-refractivity contribution is 7.16. The predicted molar refractivity (Wildman–Crippen MR) is 112 cm³/mol. The van der Waals surface area contributed by atoms with Gasteiger partial charge in [-0.3, -0.25) is 10.1 Å². The number of anilines is 1. The van der Waals surface area contributed by atoms with Crippen molar-refractivity contribution in [2.24, 2.45) is 0 Å². The van der Waals surface area contributed by atoms with Crippen LogP contribution in [0.25, 0.3) is 17.3 Å². The van der Waals surface area contributed by atoms with Gasteiger partial charge < -0.3 is 4.74 Å². The molecule has 0 atom stereocenters. The van der Waals surface area contributed by atoms with E-state index in [2.05, 4.69) is 10.3 Å². The molecule has 140 valence electrons. The van der Waals surface area contributed by atoms with Crippen LogP contribution in [-0.2, 0) is 4.79 Å². The summed E-state index contributed by atoms with van der Waals surface area (Å²) in [7, 11) is 1.58. The molecule has 1 aromatic heterocycles. The van der Waals surface area contributed by atoms with Crippen molar-refractivity contribution in [3.63, 3.8) is 0 Å². The van der Waals surface area contributed by atoms with Gasteiger partial charge in [0.05, 0.1) is 12.8 Å². The second kappa shape index (κ2) is 8.51. The monoisotopic (exact) mass is 389 g/mol. The Kier molecular flexibility index (Phi) is 5.87. The zero-order valence-electron chi connectivity index (χ0n) is 15.8. The van der Waals surface area contributed by atoms with Crippen molar-refractivity contribution in [2.75, 3.05) is 12.4 Å². The van der Waals surface area contributed by atoms with Gasteiger partial charge in [0, 0.05) is 10.4 Å². The number of hydrogen-bond donors (Lipinski definition) is 1. The second-order valence-corrected chi connectivity index (χ2v) is 7.39. The number of thiazole rings is 1. The van der Waals surface area contributed by atoms with Crippen LogP contribution in [0.3, 0.4) is 0 Å². The standard InChI is InChI=1S/C22H19N3O2S/c1-14-4-8-17(9-5-14)20-15(2)28-22(24-20)25-21(26)18(13-23)12-16-6-10-19(27-3)11-7-16/h4-12H,1-3H3,(H,24,25,26). The third-order valence-electron chi connectivity index (χ3n) is 4.13. The molecule has 0 aliphatic rings. The molecule has 0 unspecified atom stereocenters. The van der Waals surface area contributed by atoms with E-state index in [9.17, 15) is 10.1 Å². The normalized spacial score (nSPS) is 11.0. The Hall–Kier alpha value is -3.43. The van der Waals surface area contributed by atoms with Gasteiger partial charge >= 0.3 is 0 Å². The van der Waals surface area contributed by atoms with Crippen LogP contribution in [-0.4, -0.2) is 18.0 Å². The van der Waals surface area contributed by atoms with E-state index in [1.165, 1.54) is 23.0 Å². The summed E-state index contributed by atoms with van der Waals surface area (Å²) >= 11 is 1.38. The van der Waals surface area contributed by atoms with E-state index < -0.39 is 5.91 Å². The molecule has 0 radical (unpaired) electrons. The molecule has 2 aromatic carbocycles. The number of benzene rings is 2. The van der Waals surface area contributed by atoms with Gasteiger partial charge in [-0.15, -0.1) is 11.3 Å². The average molecular weight is 389 g/mol. The van der Waals surface area contributed by atoms with Gasteiger partial charge in [-0.2, -0.15) is 5.26 Å². The molecule has 28 heavy (non-hydrogen) atoms. The Labute approximate surface area is 167 Å². The van der Waals surface area contributed by atoms with E-state index in [4.69, 9.17) is 4.74 Å². The minimum absolute atomic E-state index is 0.00917. The van der Waals surface area contributed by atoms with Crippen LogP contribution >= 0.6 is 11.3 Å². The first-order valence-electron chi connectivity index (χ1n) is 8.62. The van der Waals surface area contributed by atoms with Crippen molar-refractivity contribution >= 4 is 28.5 Å². The number of nitrogens with zero attached hydrogens (tertiary/aromatic N) is 2. The molecular weight excluding hydrogens is 370 g/mol. The maximum atomic E-state index is 12.5. The molecule has 0 saturated heterocycles. The number of aromatic nitrogens is 1. The Balaban J connectivity index is 1.79. The molecule has 5 nitrogen and oxygen atoms in total. The lowest BCUT2D eigenvalue weighted by molar-refractivity contribution is -0.112. The molecule has 0 spiro atoms. The summed E-state index contributed by atoms with van der Waals surface area (Å²) in [5.74, 6) is 0.226. The Morgan fingerprint density at radius 2 is 1.82 bits per heavy atom. The Morgan fingerprint density at radius 1 is 1.14 bits per heavy atom. The molecule has 1 amide bonds. The van der Waals surface area contributed by atoms with Crippen molar-refractivity contribution in [1.29, 1.82) is 5.26 Å². The fraction of sp³-hybridized carbons (Fsp3) is 0.136. The van der Waals surface area contributed by atoms with E-state index in [0.717, 1.165) is 21.7 Å². The van der Waals surface area contributed by atoms with Gasteiger partial charge in [0.2, 0.25) is 0 Å². The third kappa shape index (κ3) is 4.45. The molecule has 3 aromatic rings. The van der Waals surface area contributed by atoms with E-state index in [1.807, 2.05) is 44.2 Å². The summed E-state index contributed by atoms with van der Waals surface area (Å²) < 4.78 is 5.11. The molecule has 0 aliphatic carbocycles. The van der Waals surface area contributed by atoms with Gasteiger partial charge in [-0.05, 0) is 37.6 Å². The SMILES string of the molecule is COc1ccc(C=C(C#N)C(=O)Nc2nc(-c3ccc(C)cc3)c(C)s2)cc1. The Bertz CT molecular complexity index is 1060. The van der Waals surface area contributed by atoms with E-state index in [0.29, 0.717) is 10.9 Å². The zero-order valence-corrected chi connectivity index (χ0v) is 16.6. The number of ether oxygens (including phenoxy) is 1. The molecular formula is C22H19N3O2S. The molecule has 1 heterocycles. The summed E-state index contributed by atoms with van der Waals surface area (Å²) in [6, 6.07) is 17.1. The molecule has 0 fully saturated rings. The van der Waals surface area contributed by atoms with Crippen LogP contribution in [0.15, 0.2) is 54.1 Å². The third-order valence-corrected chi connectivity index (χ3v) is 5.02. The summed E-state index contributed by atoms with van der Waals surface area (Å²) in [6.45, 7) is 3.99. The van der Waals surface area contributed by atoms with Gasteiger partial charge in [0.1, 0.15) is 17.4 Å². The fourth-order valence-electron chi connectivity index (χ4n) is 2.61. The predicted octanol–water partition coefficient (Wildman–Crippen LogP) is 4.98. The largest absolute Gasteiger partial charge is 0.497 e. The highest BCUT2D eigenvalue weighted by atomic mass is 32.1. The van der Waals surface area contributed by atoms with Gasteiger partial charge in [0.25, 0.3) is 5.91 Å². The zero-order chi connectivity index (χ0) is 20.1. The molecule has 0 saturated carbocycles. The lowest BCUT2D eigenvalue weighted by Crippen LogP contribution is -2.13. The molecule has 3 rings (SSSR count). The van der Waals surface area contributed by atoms with Gasteiger partial charge in [0.15, 0.2) is 5.13 Å². The van der Waals surface area contributed by atoms with Crippen LogP contribution in [0.4, 0.5) is 5.13 Å². The van der Waals surface area contributed by atoms with Crippen LogP contribution in [0, 0.1) is 25.2 Å². The van der Waals surface area contributed by atoms with Gasteiger partial charge in [-0.1, -0.05) is 42.0 Å². The fourth-order valence-corrected chi connectivity index (χ4v) is 3.44. The maximum Gasteiger partial charge on any atom is 0.268 e. The molecule has 0 aliphatic heterocycles. The average Bonchev–Trinajstić information content (AvgIpc) is 3.07. The van der Waals surface area contributed by atoms with Crippen molar-refractivity contribution in [2.45, 2.75) is 13.8 Å². The second-order valence-electron chi connectivity index (χ2n) is 6.19. The first kappa shape index (κ1) is 19.3. The van der Waals surface area contributed by atoms with Gasteiger partial charge in [-0.25, -0.2) is 4.98 Å². The number of carbonyl (C=O) groups is 1. The van der Waals surface area contributed by atoms with E-state index in [-0.39, 0.29) is 5.57 Å². The van der Waals surface area contributed by atoms with Crippen LogP contribution in [0.5, 0.6) is 5.75 Å². The molecule has 6 heteroatoms. The minimum atomic E-state index is -0.484. The highest BCUT2D eigenvalue weighted by Gasteiger charge is 2.15. The number of nitrogens with one attached hydrogen (secondary N) is 1. The maximum absolute atomic E-state index is 12.5. The number of methoxy groups -OCH3 is 1. The lowest BCUT2D eigenvalue weighted by Gasteiger charge is -2.02. The number of hydrogen-bond acceptors (Lipinski definition) is 5. The van der Waals surface area contributed by atoms with E-state index in [1.54, 1.807) is 31.4 Å². The quantitative estimate of drug-likeness (QED) is 0.493. The topological polar surface area (TPSA) is 75.0 Å². The first-order valence-corrected chi connectivity index (χ1v) is 9.43. The highest BCUT2D eigenvalue weighted by Crippen LogP contribution is 2.30. The van der Waals surface area contributed by atoms with Crippen molar-refractivity contribution < 1.29 is 9.53 Å². The number of rotatable bonds is 5. The lowest BCUT2D eigenvalue weighted by atomic mass is 10.1. The minimum Gasteiger partial charge on any atom is -0.497 e. The van der Waals surface area contributed by atoms with E-state index >= 15 is 0 Å². The summed E-state index contributed by atoms with van der Waals surface area (Å²) in [5, 5.41) is 12.6. The Morgan fingerprint density at radius 3 is 2.43 bits per heavy atom. The summed E-state index contributed by atoms with van der Waals surface area (Å²) in [6.07, 6.45) is 1.54. The van der Waals surface area contributed by atoms with Crippen LogP contribution in [0.2, 0.25) is 0 Å². The molecule has 0 bridgehead atoms. The summed E-state index contributed by atoms with van der Waals surface area (Å²) in [4.78, 5) is 18.0. The summed E-state index contributed by atoms with van der Waals surface area (Å²) in [5.41, 5.74) is 3.75.